The molecule has 2 nitrogen and oxygen atoms in total. The van der Waals surface area contributed by atoms with E-state index in [1.165, 1.54) is 25.7 Å². The van der Waals surface area contributed by atoms with Crippen LogP contribution in [0.1, 0.15) is 46.0 Å². The van der Waals surface area contributed by atoms with Gasteiger partial charge in [0, 0.05) is 12.6 Å². The Morgan fingerprint density at radius 1 is 1.50 bits per heavy atom. The minimum Gasteiger partial charge on any atom is -0.374 e. The fourth-order valence-corrected chi connectivity index (χ4v) is 2.89. The Labute approximate surface area is 100 Å². The minimum absolute atomic E-state index is 0.0458. The maximum atomic E-state index is 6.11. The second-order valence-corrected chi connectivity index (χ2v) is 5.05. The molecular formula is C14H27NO. The number of nitrogens with one attached hydrogen (secondary N) is 1. The normalized spacial score (nSPS) is 32.3. The molecule has 0 radical (unpaired) electrons. The predicted octanol–water partition coefficient (Wildman–Crippen LogP) is 3.14. The highest BCUT2D eigenvalue weighted by Crippen LogP contribution is 2.38. The summed E-state index contributed by atoms with van der Waals surface area (Å²) < 4.78 is 6.11. The van der Waals surface area contributed by atoms with Gasteiger partial charge in [0.25, 0.3) is 0 Å². The van der Waals surface area contributed by atoms with Gasteiger partial charge >= 0.3 is 0 Å². The second kappa shape index (κ2) is 6.41. The van der Waals surface area contributed by atoms with E-state index < -0.39 is 0 Å². The van der Waals surface area contributed by atoms with Crippen LogP contribution in [0.4, 0.5) is 0 Å². The van der Waals surface area contributed by atoms with E-state index in [4.69, 9.17) is 4.74 Å². The van der Waals surface area contributed by atoms with Crippen molar-refractivity contribution in [3.8, 4) is 0 Å². The first-order valence-electron chi connectivity index (χ1n) is 6.60. The van der Waals surface area contributed by atoms with Crippen molar-refractivity contribution in [1.82, 2.24) is 5.32 Å². The fourth-order valence-electron chi connectivity index (χ4n) is 2.89. The Morgan fingerprint density at radius 2 is 2.12 bits per heavy atom. The molecule has 16 heavy (non-hydrogen) atoms. The number of rotatable bonds is 6. The molecule has 0 amide bonds. The third-order valence-electron chi connectivity index (χ3n) is 3.94. The van der Waals surface area contributed by atoms with Crippen molar-refractivity contribution in [2.75, 3.05) is 13.7 Å². The maximum absolute atomic E-state index is 6.11. The summed E-state index contributed by atoms with van der Waals surface area (Å²) in [6.45, 7) is 9.11. The van der Waals surface area contributed by atoms with Crippen LogP contribution in [0.3, 0.4) is 0 Å². The first-order valence-corrected chi connectivity index (χ1v) is 6.60. The molecule has 0 heterocycles. The molecule has 1 rings (SSSR count). The van der Waals surface area contributed by atoms with Crippen molar-refractivity contribution in [2.45, 2.75) is 57.6 Å². The Balaban J connectivity index is 2.73. The van der Waals surface area contributed by atoms with Crippen LogP contribution in [-0.2, 0) is 4.74 Å². The summed E-state index contributed by atoms with van der Waals surface area (Å²) in [5, 5.41) is 3.42. The molecule has 0 aromatic heterocycles. The highest BCUT2D eigenvalue weighted by atomic mass is 16.5. The lowest BCUT2D eigenvalue weighted by molar-refractivity contribution is -0.0942. The van der Waals surface area contributed by atoms with Gasteiger partial charge in [-0.3, -0.25) is 0 Å². The molecule has 0 aromatic rings. The number of likely N-dealkylation sites (N-methyl/N-ethyl adjacent to an activating group) is 1. The van der Waals surface area contributed by atoms with Gasteiger partial charge in [-0.15, -0.1) is 6.58 Å². The highest BCUT2D eigenvalue weighted by Gasteiger charge is 2.40. The van der Waals surface area contributed by atoms with Crippen molar-refractivity contribution >= 4 is 0 Å². The Morgan fingerprint density at radius 3 is 2.56 bits per heavy atom. The van der Waals surface area contributed by atoms with Gasteiger partial charge in [-0.05, 0) is 52.0 Å². The van der Waals surface area contributed by atoms with Crippen LogP contribution in [0, 0.1) is 5.92 Å². The molecule has 1 atom stereocenters. The molecule has 0 spiro atoms. The van der Waals surface area contributed by atoms with Crippen LogP contribution >= 0.6 is 0 Å². The summed E-state index contributed by atoms with van der Waals surface area (Å²) in [5.41, 5.74) is 0.0458. The third-order valence-corrected chi connectivity index (χ3v) is 3.94. The van der Waals surface area contributed by atoms with Crippen molar-refractivity contribution < 1.29 is 4.74 Å². The number of hydrogen-bond donors (Lipinski definition) is 1. The minimum atomic E-state index is 0.0458. The molecule has 1 fully saturated rings. The van der Waals surface area contributed by atoms with Crippen LogP contribution in [0.25, 0.3) is 0 Å². The van der Waals surface area contributed by atoms with E-state index in [2.05, 4.69) is 25.7 Å². The molecule has 0 bridgehead atoms. The smallest absolute Gasteiger partial charge is 0.0837 e. The van der Waals surface area contributed by atoms with E-state index in [9.17, 15) is 0 Å². The maximum Gasteiger partial charge on any atom is 0.0837 e. The van der Waals surface area contributed by atoms with E-state index in [1.54, 1.807) is 0 Å². The monoisotopic (exact) mass is 225 g/mol. The first kappa shape index (κ1) is 13.7. The Bertz CT molecular complexity index is 207. The van der Waals surface area contributed by atoms with Gasteiger partial charge in [0.1, 0.15) is 0 Å². The Hall–Kier alpha value is -0.340. The van der Waals surface area contributed by atoms with Gasteiger partial charge in [-0.1, -0.05) is 13.0 Å². The number of hydrogen-bond acceptors (Lipinski definition) is 2. The molecule has 0 aliphatic heterocycles. The van der Waals surface area contributed by atoms with Crippen molar-refractivity contribution in [3.05, 3.63) is 12.7 Å². The zero-order chi connectivity index (χ0) is 12.0. The molecule has 0 saturated heterocycles. The van der Waals surface area contributed by atoms with Gasteiger partial charge in [0.2, 0.25) is 0 Å². The summed E-state index contributed by atoms with van der Waals surface area (Å²) in [6.07, 6.45) is 7.93. The summed E-state index contributed by atoms with van der Waals surface area (Å²) in [6, 6.07) is 0.414. The zero-order valence-corrected chi connectivity index (χ0v) is 11.1. The predicted molar refractivity (Wildman–Crippen MR) is 69.7 cm³/mol. The lowest BCUT2D eigenvalue weighted by Gasteiger charge is -2.44. The molecule has 1 N–H and O–H groups in total. The van der Waals surface area contributed by atoms with E-state index in [0.29, 0.717) is 6.04 Å². The summed E-state index contributed by atoms with van der Waals surface area (Å²) >= 11 is 0. The van der Waals surface area contributed by atoms with Crippen molar-refractivity contribution in [1.29, 1.82) is 0 Å². The van der Waals surface area contributed by atoms with E-state index in [-0.39, 0.29) is 5.60 Å². The standard InChI is InChI=1S/C14H27NO/c1-5-7-13(15-4)14(16-6-2)10-8-12(3)9-11-14/h5,12-13,15H,1,6-11H2,2-4H3. The molecule has 1 saturated carbocycles. The highest BCUT2D eigenvalue weighted by molar-refractivity contribution is 4.98. The largest absolute Gasteiger partial charge is 0.374 e. The lowest BCUT2D eigenvalue weighted by Crippen LogP contribution is -2.53. The second-order valence-electron chi connectivity index (χ2n) is 5.05. The van der Waals surface area contributed by atoms with E-state index >= 15 is 0 Å². The van der Waals surface area contributed by atoms with E-state index in [1.807, 2.05) is 13.1 Å². The van der Waals surface area contributed by atoms with Crippen molar-refractivity contribution in [3.63, 3.8) is 0 Å². The Kier molecular flexibility index (Phi) is 5.50. The van der Waals surface area contributed by atoms with Gasteiger partial charge in [0.15, 0.2) is 0 Å². The molecule has 2 heteroatoms. The zero-order valence-electron chi connectivity index (χ0n) is 11.1. The van der Waals surface area contributed by atoms with Gasteiger partial charge < -0.3 is 10.1 Å². The first-order chi connectivity index (χ1) is 7.68. The fraction of sp³-hybridized carbons (Fsp3) is 0.857. The topological polar surface area (TPSA) is 21.3 Å². The van der Waals surface area contributed by atoms with Crippen LogP contribution in [0.5, 0.6) is 0 Å². The summed E-state index contributed by atoms with van der Waals surface area (Å²) in [4.78, 5) is 0. The average Bonchev–Trinajstić information content (AvgIpc) is 2.30. The van der Waals surface area contributed by atoms with Gasteiger partial charge in [-0.25, -0.2) is 0 Å². The van der Waals surface area contributed by atoms with Crippen LogP contribution in [0.2, 0.25) is 0 Å². The summed E-state index contributed by atoms with van der Waals surface area (Å²) in [5.74, 6) is 0.856. The van der Waals surface area contributed by atoms with Crippen LogP contribution < -0.4 is 5.32 Å². The van der Waals surface area contributed by atoms with Crippen LogP contribution in [-0.4, -0.2) is 25.3 Å². The van der Waals surface area contributed by atoms with Crippen molar-refractivity contribution in [2.24, 2.45) is 5.92 Å². The van der Waals surface area contributed by atoms with E-state index in [0.717, 1.165) is 18.9 Å². The molecule has 94 valence electrons. The summed E-state index contributed by atoms with van der Waals surface area (Å²) in [7, 11) is 2.03. The van der Waals surface area contributed by atoms with Gasteiger partial charge in [-0.2, -0.15) is 0 Å². The third kappa shape index (κ3) is 3.08. The molecule has 1 aliphatic carbocycles. The van der Waals surface area contributed by atoms with Gasteiger partial charge in [0.05, 0.1) is 5.60 Å². The number of ether oxygens (including phenoxy) is 1. The van der Waals surface area contributed by atoms with Crippen LogP contribution in [0.15, 0.2) is 12.7 Å². The molecule has 1 unspecified atom stereocenters. The molecular weight excluding hydrogens is 198 g/mol. The SMILES string of the molecule is C=CCC(NC)C1(OCC)CCC(C)CC1. The quantitative estimate of drug-likeness (QED) is 0.701. The average molecular weight is 225 g/mol. The molecule has 0 aromatic carbocycles. The lowest BCUT2D eigenvalue weighted by atomic mass is 9.74. The molecule has 1 aliphatic rings.